The maximum atomic E-state index is 12.7. The summed E-state index contributed by atoms with van der Waals surface area (Å²) in [4.78, 5) is 27.2. The zero-order valence-electron chi connectivity index (χ0n) is 12.8. The molecule has 4 nitrogen and oxygen atoms in total. The second-order valence-corrected chi connectivity index (χ2v) is 7.21. The molecule has 0 unspecified atom stereocenters. The number of nitrogens with one attached hydrogen (secondary N) is 1. The van der Waals surface area contributed by atoms with E-state index in [2.05, 4.69) is 21.2 Å². The van der Waals surface area contributed by atoms with Gasteiger partial charge in [0.25, 0.3) is 0 Å². The number of hydrogen-bond donors (Lipinski definition) is 1. The third-order valence-electron chi connectivity index (χ3n) is 4.67. The van der Waals surface area contributed by atoms with Gasteiger partial charge in [-0.1, -0.05) is 22.0 Å². The first-order chi connectivity index (χ1) is 10.5. The van der Waals surface area contributed by atoms with Gasteiger partial charge in [-0.3, -0.25) is 9.59 Å². The minimum absolute atomic E-state index is 0.0240. The summed E-state index contributed by atoms with van der Waals surface area (Å²) in [6.07, 6.45) is 4.62. The quantitative estimate of drug-likeness (QED) is 0.834. The summed E-state index contributed by atoms with van der Waals surface area (Å²) in [5.41, 5.74) is 1.04. The van der Waals surface area contributed by atoms with Crippen molar-refractivity contribution in [1.82, 2.24) is 4.90 Å². The summed E-state index contributed by atoms with van der Waals surface area (Å²) < 4.78 is 0.956. The molecule has 0 atom stereocenters. The van der Waals surface area contributed by atoms with Crippen LogP contribution in [0.5, 0.6) is 0 Å². The smallest absolute Gasteiger partial charge is 0.240 e. The number of anilines is 1. The Morgan fingerprint density at radius 3 is 2.45 bits per heavy atom. The molecule has 2 amide bonds. The fourth-order valence-corrected chi connectivity index (χ4v) is 3.36. The van der Waals surface area contributed by atoms with Gasteiger partial charge in [0, 0.05) is 23.2 Å². The summed E-state index contributed by atoms with van der Waals surface area (Å²) in [5.74, 6) is -0.130. The minimum atomic E-state index is -0.811. The minimum Gasteiger partial charge on any atom is -0.342 e. The van der Waals surface area contributed by atoms with Crippen LogP contribution in [0.2, 0.25) is 0 Å². The van der Waals surface area contributed by atoms with Gasteiger partial charge in [0.05, 0.1) is 0 Å². The number of benzene rings is 1. The Balaban J connectivity index is 1.70. The first-order valence-corrected chi connectivity index (χ1v) is 8.69. The number of rotatable bonds is 3. The van der Waals surface area contributed by atoms with E-state index >= 15 is 0 Å². The number of piperidine rings is 1. The molecular formula is C17H21BrN2O2. The Morgan fingerprint density at radius 1 is 1.18 bits per heavy atom. The van der Waals surface area contributed by atoms with E-state index in [-0.39, 0.29) is 11.8 Å². The van der Waals surface area contributed by atoms with E-state index in [9.17, 15) is 9.59 Å². The van der Waals surface area contributed by atoms with Gasteiger partial charge >= 0.3 is 0 Å². The third-order valence-corrected chi connectivity index (χ3v) is 5.52. The summed E-state index contributed by atoms with van der Waals surface area (Å²) in [6.45, 7) is 3.59. The van der Waals surface area contributed by atoms with Crippen LogP contribution in [0.25, 0.3) is 0 Å². The van der Waals surface area contributed by atoms with Gasteiger partial charge in [-0.2, -0.15) is 0 Å². The fraction of sp³-hybridized carbons (Fsp3) is 0.529. The summed E-state index contributed by atoms with van der Waals surface area (Å²) in [6, 6.07) is 5.71. The second-order valence-electron chi connectivity index (χ2n) is 6.35. The van der Waals surface area contributed by atoms with Crippen molar-refractivity contribution in [2.45, 2.75) is 39.0 Å². The molecule has 3 rings (SSSR count). The highest BCUT2D eigenvalue weighted by molar-refractivity contribution is 9.10. The molecule has 2 fully saturated rings. The SMILES string of the molecule is Cc1ccc(NC(=O)C2(C(=O)N3CCCCC3)CC2)cc1Br. The zero-order chi connectivity index (χ0) is 15.7. The van der Waals surface area contributed by atoms with Crippen LogP contribution in [-0.2, 0) is 9.59 Å². The predicted octanol–water partition coefficient (Wildman–Crippen LogP) is 3.49. The van der Waals surface area contributed by atoms with Gasteiger partial charge < -0.3 is 10.2 Å². The van der Waals surface area contributed by atoms with E-state index in [0.29, 0.717) is 12.8 Å². The number of aryl methyl sites for hydroxylation is 1. The Bertz CT molecular complexity index is 605. The number of carbonyl (C=O) groups is 2. The Morgan fingerprint density at radius 2 is 1.86 bits per heavy atom. The lowest BCUT2D eigenvalue weighted by Gasteiger charge is -2.30. The molecule has 0 radical (unpaired) electrons. The van der Waals surface area contributed by atoms with Crippen molar-refractivity contribution in [3.63, 3.8) is 0 Å². The highest BCUT2D eigenvalue weighted by Crippen LogP contribution is 2.48. The monoisotopic (exact) mass is 364 g/mol. The Labute approximate surface area is 139 Å². The fourth-order valence-electron chi connectivity index (χ4n) is 2.98. The number of carbonyl (C=O) groups excluding carboxylic acids is 2. The van der Waals surface area contributed by atoms with E-state index in [0.717, 1.165) is 41.7 Å². The number of amides is 2. The molecule has 22 heavy (non-hydrogen) atoms. The molecule has 0 aromatic heterocycles. The molecule has 118 valence electrons. The van der Waals surface area contributed by atoms with Gasteiger partial charge in [0.15, 0.2) is 0 Å². The molecule has 1 aromatic rings. The lowest BCUT2D eigenvalue weighted by molar-refractivity contribution is -0.143. The van der Waals surface area contributed by atoms with Crippen LogP contribution in [0, 0.1) is 12.3 Å². The molecule has 1 aliphatic carbocycles. The number of hydrogen-bond acceptors (Lipinski definition) is 2. The van der Waals surface area contributed by atoms with Crippen LogP contribution in [-0.4, -0.2) is 29.8 Å². The Hall–Kier alpha value is -1.36. The molecule has 1 heterocycles. The van der Waals surface area contributed by atoms with Crippen LogP contribution in [0.3, 0.4) is 0 Å². The maximum absolute atomic E-state index is 12.7. The molecule has 1 N–H and O–H groups in total. The number of likely N-dealkylation sites (tertiary alicyclic amines) is 1. The van der Waals surface area contributed by atoms with E-state index in [1.54, 1.807) is 0 Å². The van der Waals surface area contributed by atoms with Crippen LogP contribution in [0.1, 0.15) is 37.7 Å². The van der Waals surface area contributed by atoms with Crippen molar-refractivity contribution < 1.29 is 9.59 Å². The first-order valence-electron chi connectivity index (χ1n) is 7.90. The molecule has 1 saturated carbocycles. The predicted molar refractivity (Wildman–Crippen MR) is 89.6 cm³/mol. The van der Waals surface area contributed by atoms with E-state index in [1.807, 2.05) is 30.0 Å². The van der Waals surface area contributed by atoms with Crippen molar-refractivity contribution >= 4 is 33.4 Å². The molecule has 5 heteroatoms. The highest BCUT2D eigenvalue weighted by Gasteiger charge is 2.58. The van der Waals surface area contributed by atoms with Crippen LogP contribution in [0.4, 0.5) is 5.69 Å². The lowest BCUT2D eigenvalue weighted by Crippen LogP contribution is -2.45. The van der Waals surface area contributed by atoms with E-state index in [1.165, 1.54) is 6.42 Å². The topological polar surface area (TPSA) is 49.4 Å². The average Bonchev–Trinajstić information content (AvgIpc) is 3.33. The average molecular weight is 365 g/mol. The molecule has 0 spiro atoms. The molecule has 1 aliphatic heterocycles. The van der Waals surface area contributed by atoms with Crippen LogP contribution < -0.4 is 5.32 Å². The van der Waals surface area contributed by atoms with Gasteiger partial charge in [-0.05, 0) is 56.7 Å². The van der Waals surface area contributed by atoms with Gasteiger partial charge in [0.2, 0.25) is 11.8 Å². The largest absolute Gasteiger partial charge is 0.342 e. The van der Waals surface area contributed by atoms with Crippen molar-refractivity contribution in [1.29, 1.82) is 0 Å². The van der Waals surface area contributed by atoms with Crippen molar-refractivity contribution in [2.24, 2.45) is 5.41 Å². The first kappa shape index (κ1) is 15.5. The maximum Gasteiger partial charge on any atom is 0.240 e. The molecular weight excluding hydrogens is 344 g/mol. The highest BCUT2D eigenvalue weighted by atomic mass is 79.9. The van der Waals surface area contributed by atoms with Gasteiger partial charge in [-0.25, -0.2) is 0 Å². The molecule has 0 bridgehead atoms. The third kappa shape index (κ3) is 2.91. The molecule has 1 aromatic carbocycles. The number of nitrogens with zero attached hydrogens (tertiary/aromatic N) is 1. The van der Waals surface area contributed by atoms with Crippen molar-refractivity contribution in [3.8, 4) is 0 Å². The van der Waals surface area contributed by atoms with Crippen molar-refractivity contribution in [3.05, 3.63) is 28.2 Å². The second kappa shape index (κ2) is 6.03. The Kier molecular flexibility index (Phi) is 4.26. The van der Waals surface area contributed by atoms with Crippen LogP contribution >= 0.6 is 15.9 Å². The molecule has 1 saturated heterocycles. The summed E-state index contributed by atoms with van der Waals surface area (Å²) in [7, 11) is 0. The standard InChI is InChI=1S/C17H21BrN2O2/c1-12-5-6-13(11-14(12)18)19-15(21)17(7-8-17)16(22)20-9-3-2-4-10-20/h5-6,11H,2-4,7-10H2,1H3,(H,19,21). The van der Waals surface area contributed by atoms with E-state index < -0.39 is 5.41 Å². The lowest BCUT2D eigenvalue weighted by atomic mass is 10.0. The molecule has 2 aliphatic rings. The van der Waals surface area contributed by atoms with Gasteiger partial charge in [-0.15, -0.1) is 0 Å². The number of halogens is 1. The summed E-state index contributed by atoms with van der Waals surface area (Å²) >= 11 is 3.47. The van der Waals surface area contributed by atoms with Crippen molar-refractivity contribution in [2.75, 3.05) is 18.4 Å². The van der Waals surface area contributed by atoms with Crippen LogP contribution in [0.15, 0.2) is 22.7 Å². The summed E-state index contributed by atoms with van der Waals surface area (Å²) in [5, 5.41) is 2.92. The zero-order valence-corrected chi connectivity index (χ0v) is 14.4. The van der Waals surface area contributed by atoms with Gasteiger partial charge in [0.1, 0.15) is 5.41 Å². The normalized spacial score (nSPS) is 19.6. The van der Waals surface area contributed by atoms with E-state index in [4.69, 9.17) is 0 Å².